The fraction of sp³-hybridized carbons (Fsp3) is 0.320. The van der Waals surface area contributed by atoms with Crippen LogP contribution in [0.5, 0.6) is 0 Å². The number of carbonyl (C=O) groups is 1. The third kappa shape index (κ3) is 3.61. The summed E-state index contributed by atoms with van der Waals surface area (Å²) in [5, 5.41) is 10.0. The van der Waals surface area contributed by atoms with E-state index in [9.17, 15) is 13.6 Å². The molecule has 0 bridgehead atoms. The van der Waals surface area contributed by atoms with Crippen molar-refractivity contribution in [3.05, 3.63) is 71.2 Å². The number of imidazole rings is 1. The fourth-order valence-electron chi connectivity index (χ4n) is 5.08. The van der Waals surface area contributed by atoms with Crippen molar-refractivity contribution >= 4 is 27.9 Å². The normalized spacial score (nSPS) is 20.0. The maximum atomic E-state index is 14.0. The first-order valence-electron chi connectivity index (χ1n) is 10.9. The average Bonchev–Trinajstić information content (AvgIpc) is 3.20. The molecular weight excluding hydrogens is 412 g/mol. The second kappa shape index (κ2) is 7.97. The lowest BCUT2D eigenvalue weighted by Gasteiger charge is -2.32. The number of carboxylic acid groups (broad SMARTS) is 1. The molecule has 164 valence electrons. The Hall–Kier alpha value is -3.35. The molecule has 0 radical (unpaired) electrons. The topological polar surface area (TPSA) is 78.9 Å². The number of benzene rings is 2. The number of fused-ring (bicyclic) bond motifs is 2. The summed E-state index contributed by atoms with van der Waals surface area (Å²) in [6.07, 6.45) is 5.77. The number of aromatic amines is 1. The highest BCUT2D eigenvalue weighted by molar-refractivity contribution is 5.92. The Morgan fingerprint density at radius 3 is 2.62 bits per heavy atom. The molecule has 5 rings (SSSR count). The molecule has 0 saturated heterocycles. The van der Waals surface area contributed by atoms with Gasteiger partial charge in [0.25, 0.3) is 0 Å². The first-order chi connectivity index (χ1) is 15.4. The van der Waals surface area contributed by atoms with Gasteiger partial charge < -0.3 is 10.1 Å². The molecular formula is C25H23F2N3O2. The molecule has 2 aromatic heterocycles. The quantitative estimate of drug-likeness (QED) is 0.402. The van der Waals surface area contributed by atoms with E-state index in [-0.39, 0.29) is 17.3 Å². The Morgan fingerprint density at radius 1 is 1.09 bits per heavy atom. The van der Waals surface area contributed by atoms with Crippen molar-refractivity contribution in [2.24, 2.45) is 5.92 Å². The van der Waals surface area contributed by atoms with Crippen molar-refractivity contribution < 1.29 is 18.7 Å². The van der Waals surface area contributed by atoms with E-state index in [0.717, 1.165) is 48.0 Å². The summed E-state index contributed by atoms with van der Waals surface area (Å²) in [5.74, 6) is -0.679. The summed E-state index contributed by atoms with van der Waals surface area (Å²) in [6, 6.07) is 9.23. The monoisotopic (exact) mass is 435 g/mol. The molecule has 0 aliphatic heterocycles. The van der Waals surface area contributed by atoms with Crippen molar-refractivity contribution in [2.45, 2.75) is 44.4 Å². The van der Waals surface area contributed by atoms with Crippen LogP contribution in [0.1, 0.15) is 66.2 Å². The predicted octanol–water partition coefficient (Wildman–Crippen LogP) is 6.17. The fourth-order valence-corrected chi connectivity index (χ4v) is 5.08. The van der Waals surface area contributed by atoms with Gasteiger partial charge in [0, 0.05) is 23.6 Å². The van der Waals surface area contributed by atoms with Gasteiger partial charge in [-0.1, -0.05) is 6.92 Å². The second-order valence-electron chi connectivity index (χ2n) is 8.74. The van der Waals surface area contributed by atoms with Crippen molar-refractivity contribution in [3.8, 4) is 0 Å². The molecule has 0 spiro atoms. The molecule has 1 unspecified atom stereocenters. The highest BCUT2D eigenvalue weighted by atomic mass is 19.1. The van der Waals surface area contributed by atoms with Crippen LogP contribution in [0.2, 0.25) is 0 Å². The van der Waals surface area contributed by atoms with Crippen molar-refractivity contribution in [3.63, 3.8) is 0 Å². The van der Waals surface area contributed by atoms with Gasteiger partial charge in [-0.3, -0.25) is 4.98 Å². The Morgan fingerprint density at radius 2 is 1.88 bits per heavy atom. The van der Waals surface area contributed by atoms with Crippen LogP contribution in [0.3, 0.4) is 0 Å². The average molecular weight is 435 g/mol. The number of carboxylic acids is 1. The number of hydrogen-bond acceptors (Lipinski definition) is 3. The minimum absolute atomic E-state index is 0.131. The number of aromatic carboxylic acids is 1. The van der Waals surface area contributed by atoms with Gasteiger partial charge in [-0.15, -0.1) is 0 Å². The standard InChI is InChI=1S/C25H23F2N3O2/c1-13(24-29-22-11-19(25(31)32)20(27)12-23(22)30-24)14-2-4-15(5-3-14)17-8-9-28-21-7-6-16(26)10-18(17)21/h6-15H,2-5H2,1H3,(H,29,30)(H,31,32). The number of nitrogens with zero attached hydrogens (tertiary/aromatic N) is 2. The lowest BCUT2D eigenvalue weighted by molar-refractivity contribution is 0.0692. The summed E-state index contributed by atoms with van der Waals surface area (Å²) in [6.45, 7) is 2.11. The van der Waals surface area contributed by atoms with E-state index < -0.39 is 11.8 Å². The number of rotatable bonds is 4. The van der Waals surface area contributed by atoms with Gasteiger partial charge in [0.05, 0.1) is 22.1 Å². The van der Waals surface area contributed by atoms with E-state index in [4.69, 9.17) is 5.11 Å². The van der Waals surface area contributed by atoms with E-state index >= 15 is 0 Å². The number of aromatic nitrogens is 3. The van der Waals surface area contributed by atoms with Gasteiger partial charge in [0.2, 0.25) is 0 Å². The van der Waals surface area contributed by atoms with E-state index in [1.165, 1.54) is 18.2 Å². The molecule has 7 heteroatoms. The number of H-pyrrole nitrogens is 1. The van der Waals surface area contributed by atoms with E-state index in [1.807, 2.05) is 6.07 Å². The Labute approximate surface area is 183 Å². The van der Waals surface area contributed by atoms with Gasteiger partial charge >= 0.3 is 5.97 Å². The summed E-state index contributed by atoms with van der Waals surface area (Å²) < 4.78 is 27.8. The number of hydrogen-bond donors (Lipinski definition) is 2. The van der Waals surface area contributed by atoms with Crippen LogP contribution in [0.25, 0.3) is 21.9 Å². The largest absolute Gasteiger partial charge is 0.478 e. The third-order valence-corrected chi connectivity index (χ3v) is 6.91. The summed E-state index contributed by atoms with van der Waals surface area (Å²) in [5.41, 5.74) is 2.57. The zero-order valence-corrected chi connectivity index (χ0v) is 17.6. The Bertz CT molecular complexity index is 1330. The highest BCUT2D eigenvalue weighted by Gasteiger charge is 2.29. The maximum absolute atomic E-state index is 14.0. The van der Waals surface area contributed by atoms with Crippen LogP contribution < -0.4 is 0 Å². The lowest BCUT2D eigenvalue weighted by atomic mass is 9.73. The molecule has 1 saturated carbocycles. The number of pyridine rings is 1. The molecule has 1 atom stereocenters. The maximum Gasteiger partial charge on any atom is 0.338 e. The van der Waals surface area contributed by atoms with Crippen LogP contribution >= 0.6 is 0 Å². The van der Waals surface area contributed by atoms with Gasteiger partial charge in [0.15, 0.2) is 0 Å². The molecule has 1 aliphatic rings. The zero-order valence-electron chi connectivity index (χ0n) is 17.6. The van der Waals surface area contributed by atoms with Crippen LogP contribution in [-0.2, 0) is 0 Å². The van der Waals surface area contributed by atoms with Crippen LogP contribution in [0.4, 0.5) is 8.78 Å². The molecule has 2 aromatic carbocycles. The molecule has 32 heavy (non-hydrogen) atoms. The predicted molar refractivity (Wildman–Crippen MR) is 118 cm³/mol. The van der Waals surface area contributed by atoms with Gasteiger partial charge in [-0.2, -0.15) is 0 Å². The molecule has 4 aromatic rings. The van der Waals surface area contributed by atoms with E-state index in [2.05, 4.69) is 21.9 Å². The number of nitrogens with one attached hydrogen (secondary N) is 1. The molecule has 0 amide bonds. The second-order valence-corrected chi connectivity index (χ2v) is 8.74. The Kier molecular flexibility index (Phi) is 5.12. The third-order valence-electron chi connectivity index (χ3n) is 6.91. The Balaban J connectivity index is 1.34. The van der Waals surface area contributed by atoms with Crippen molar-refractivity contribution in [1.29, 1.82) is 0 Å². The molecule has 2 N–H and O–H groups in total. The summed E-state index contributed by atoms with van der Waals surface area (Å²) >= 11 is 0. The van der Waals surface area contributed by atoms with Gasteiger partial charge in [0.1, 0.15) is 17.5 Å². The molecule has 1 fully saturated rings. The summed E-state index contributed by atoms with van der Waals surface area (Å²) in [7, 11) is 0. The van der Waals surface area contributed by atoms with Crippen molar-refractivity contribution in [1.82, 2.24) is 15.0 Å². The van der Waals surface area contributed by atoms with Crippen LogP contribution in [0, 0.1) is 17.6 Å². The first kappa shape index (κ1) is 20.5. The SMILES string of the molecule is CC(c1nc2cc(C(=O)O)c(F)cc2[nH]1)C1CCC(c2ccnc3ccc(F)cc23)CC1. The zero-order chi connectivity index (χ0) is 22.4. The van der Waals surface area contributed by atoms with Crippen molar-refractivity contribution in [2.75, 3.05) is 0 Å². The lowest BCUT2D eigenvalue weighted by Crippen LogP contribution is -2.19. The molecule has 1 aliphatic carbocycles. The molecule has 2 heterocycles. The van der Waals surface area contributed by atoms with Gasteiger partial charge in [-0.05, 0) is 73.4 Å². The minimum atomic E-state index is -1.30. The van der Waals surface area contributed by atoms with E-state index in [1.54, 1.807) is 18.3 Å². The van der Waals surface area contributed by atoms with E-state index in [0.29, 0.717) is 22.9 Å². The number of halogens is 2. The van der Waals surface area contributed by atoms with Crippen LogP contribution in [-0.4, -0.2) is 26.0 Å². The smallest absolute Gasteiger partial charge is 0.338 e. The van der Waals surface area contributed by atoms with Gasteiger partial charge in [-0.25, -0.2) is 18.6 Å². The molecule has 5 nitrogen and oxygen atoms in total. The highest BCUT2D eigenvalue weighted by Crippen LogP contribution is 2.43. The van der Waals surface area contributed by atoms with Crippen LogP contribution in [0.15, 0.2) is 42.6 Å². The summed E-state index contributed by atoms with van der Waals surface area (Å²) in [4.78, 5) is 23.3. The minimum Gasteiger partial charge on any atom is -0.478 e. The first-order valence-corrected chi connectivity index (χ1v) is 10.9.